The van der Waals surface area contributed by atoms with E-state index in [0.29, 0.717) is 0 Å². The average Bonchev–Trinajstić information content (AvgIpc) is 2.37. The van der Waals surface area contributed by atoms with Crippen LogP contribution in [-0.4, -0.2) is 40.7 Å². The number of nitro benzene ring substituents is 1. The van der Waals surface area contributed by atoms with E-state index in [1.807, 2.05) is 0 Å². The molecule has 2 N–H and O–H groups in total. The number of nitrogens with zero attached hydrogens (tertiary/aromatic N) is 1. The Bertz CT molecular complexity index is 558. The maximum atomic E-state index is 12.0. The number of rotatable bonds is 7. The molecule has 0 saturated carbocycles. The second-order valence-electron chi connectivity index (χ2n) is 3.55. The summed E-state index contributed by atoms with van der Waals surface area (Å²) in [5.74, 6) is 0. The van der Waals surface area contributed by atoms with E-state index in [4.69, 9.17) is 4.74 Å². The quantitative estimate of drug-likeness (QED) is 0.431. The molecule has 0 radical (unpaired) electrons. The summed E-state index contributed by atoms with van der Waals surface area (Å²) in [5.41, 5.74) is -0.338. The number of hydrogen-bond donors (Lipinski definition) is 2. The summed E-state index contributed by atoms with van der Waals surface area (Å²) in [6.07, 6.45) is 0. The Morgan fingerprint density at radius 2 is 2.11 bits per heavy atom. The number of anilines is 1. The second kappa shape index (κ2) is 6.45. The minimum atomic E-state index is -3.95. The lowest BCUT2D eigenvalue weighted by atomic mass is 10.3. The zero-order valence-electron chi connectivity index (χ0n) is 10.5. The SMILES string of the molecule is CNc1cccc(S(=O)(=O)NCCOC)c1[N+](=O)[O-]. The third-order valence-electron chi connectivity index (χ3n) is 2.34. The lowest BCUT2D eigenvalue weighted by molar-refractivity contribution is -0.386. The lowest BCUT2D eigenvalue weighted by Gasteiger charge is -2.09. The van der Waals surface area contributed by atoms with Gasteiger partial charge in [0, 0.05) is 20.7 Å². The number of methoxy groups -OCH3 is 1. The molecule has 0 spiro atoms. The lowest BCUT2D eigenvalue weighted by Crippen LogP contribution is -2.27. The molecule has 106 valence electrons. The molecule has 9 heteroatoms. The molecule has 1 rings (SSSR count). The van der Waals surface area contributed by atoms with E-state index in [1.165, 1.54) is 32.4 Å². The predicted octanol–water partition coefficient (Wildman–Crippen LogP) is 0.561. The third-order valence-corrected chi connectivity index (χ3v) is 3.83. The first-order valence-electron chi connectivity index (χ1n) is 5.37. The van der Waals surface area contributed by atoms with Gasteiger partial charge in [0.15, 0.2) is 4.90 Å². The smallest absolute Gasteiger partial charge is 0.312 e. The van der Waals surface area contributed by atoms with Crippen LogP contribution in [0.1, 0.15) is 0 Å². The first-order valence-corrected chi connectivity index (χ1v) is 6.86. The van der Waals surface area contributed by atoms with Crippen LogP contribution in [0.3, 0.4) is 0 Å². The second-order valence-corrected chi connectivity index (χ2v) is 5.29. The summed E-state index contributed by atoms with van der Waals surface area (Å²) in [6.45, 7) is 0.221. The van der Waals surface area contributed by atoms with Gasteiger partial charge in [-0.05, 0) is 12.1 Å². The molecule has 0 bridgehead atoms. The van der Waals surface area contributed by atoms with Gasteiger partial charge in [0.1, 0.15) is 5.69 Å². The van der Waals surface area contributed by atoms with Crippen LogP contribution in [0.4, 0.5) is 11.4 Å². The van der Waals surface area contributed by atoms with Crippen molar-refractivity contribution >= 4 is 21.4 Å². The highest BCUT2D eigenvalue weighted by atomic mass is 32.2. The number of sulfonamides is 1. The summed E-state index contributed by atoms with van der Waals surface area (Å²) >= 11 is 0. The predicted molar refractivity (Wildman–Crippen MR) is 69.7 cm³/mol. The van der Waals surface area contributed by atoms with E-state index in [1.54, 1.807) is 0 Å². The van der Waals surface area contributed by atoms with Crippen molar-refractivity contribution < 1.29 is 18.1 Å². The van der Waals surface area contributed by atoms with Crippen molar-refractivity contribution in [3.63, 3.8) is 0 Å². The van der Waals surface area contributed by atoms with Gasteiger partial charge in [0.25, 0.3) is 0 Å². The summed E-state index contributed by atoms with van der Waals surface area (Å²) in [7, 11) is -1.04. The molecule has 0 fully saturated rings. The molecule has 1 aromatic rings. The molecule has 0 heterocycles. The number of nitrogens with one attached hydrogen (secondary N) is 2. The fourth-order valence-corrected chi connectivity index (χ4v) is 2.69. The van der Waals surface area contributed by atoms with Crippen molar-refractivity contribution in [2.24, 2.45) is 0 Å². The first kappa shape index (κ1) is 15.3. The molecule has 0 unspecified atom stereocenters. The highest BCUT2D eigenvalue weighted by molar-refractivity contribution is 7.89. The summed E-state index contributed by atoms with van der Waals surface area (Å²) in [4.78, 5) is 9.93. The van der Waals surface area contributed by atoms with Gasteiger partial charge in [-0.15, -0.1) is 0 Å². The Morgan fingerprint density at radius 1 is 1.42 bits per heavy atom. The fraction of sp³-hybridized carbons (Fsp3) is 0.400. The Labute approximate surface area is 111 Å². The van der Waals surface area contributed by atoms with Crippen LogP contribution in [0.25, 0.3) is 0 Å². The van der Waals surface area contributed by atoms with Gasteiger partial charge in [-0.1, -0.05) is 6.07 Å². The third kappa shape index (κ3) is 3.63. The fourth-order valence-electron chi connectivity index (χ4n) is 1.49. The minimum absolute atomic E-state index is 0.0414. The van der Waals surface area contributed by atoms with E-state index in [-0.39, 0.29) is 23.7 Å². The van der Waals surface area contributed by atoms with Crippen LogP contribution < -0.4 is 10.0 Å². The van der Waals surface area contributed by atoms with Crippen LogP contribution in [-0.2, 0) is 14.8 Å². The minimum Gasteiger partial charge on any atom is -0.383 e. The number of para-hydroxylation sites is 1. The topological polar surface area (TPSA) is 111 Å². The van der Waals surface area contributed by atoms with E-state index >= 15 is 0 Å². The molecule has 0 aromatic heterocycles. The van der Waals surface area contributed by atoms with Crippen molar-refractivity contribution in [2.45, 2.75) is 4.90 Å². The molecule has 0 atom stereocenters. The van der Waals surface area contributed by atoms with Gasteiger partial charge in [-0.3, -0.25) is 10.1 Å². The highest BCUT2D eigenvalue weighted by Crippen LogP contribution is 2.31. The van der Waals surface area contributed by atoms with Crippen LogP contribution in [0, 0.1) is 10.1 Å². The van der Waals surface area contributed by atoms with Gasteiger partial charge in [-0.2, -0.15) is 0 Å². The summed E-state index contributed by atoms with van der Waals surface area (Å²) in [6, 6.07) is 4.06. The zero-order chi connectivity index (χ0) is 14.5. The van der Waals surface area contributed by atoms with Crippen molar-refractivity contribution in [3.8, 4) is 0 Å². The maximum absolute atomic E-state index is 12.0. The largest absolute Gasteiger partial charge is 0.383 e. The number of benzene rings is 1. The van der Waals surface area contributed by atoms with Crippen molar-refractivity contribution in [2.75, 3.05) is 32.6 Å². The Hall–Kier alpha value is -1.71. The zero-order valence-corrected chi connectivity index (χ0v) is 11.4. The van der Waals surface area contributed by atoms with Crippen molar-refractivity contribution in [3.05, 3.63) is 28.3 Å². The maximum Gasteiger partial charge on any atom is 0.312 e. The molecule has 1 aromatic carbocycles. The monoisotopic (exact) mass is 289 g/mol. The molecule has 8 nitrogen and oxygen atoms in total. The first-order chi connectivity index (χ1) is 8.94. The molecule has 0 saturated heterocycles. The molecular weight excluding hydrogens is 274 g/mol. The molecule has 19 heavy (non-hydrogen) atoms. The van der Waals surface area contributed by atoms with Gasteiger partial charge >= 0.3 is 5.69 Å². The standard InChI is InChI=1S/C10H15N3O5S/c1-11-8-4-3-5-9(10(8)13(14)15)19(16,17)12-6-7-18-2/h3-5,11-12H,6-7H2,1-2H3. The van der Waals surface area contributed by atoms with E-state index in [2.05, 4.69) is 10.0 Å². The van der Waals surface area contributed by atoms with Gasteiger partial charge in [-0.25, -0.2) is 13.1 Å². The van der Waals surface area contributed by atoms with Crippen molar-refractivity contribution in [1.82, 2.24) is 4.72 Å². The molecular formula is C10H15N3O5S. The Balaban J connectivity index is 3.22. The van der Waals surface area contributed by atoms with Gasteiger partial charge in [0.2, 0.25) is 10.0 Å². The van der Waals surface area contributed by atoms with Gasteiger partial charge in [0.05, 0.1) is 11.5 Å². The van der Waals surface area contributed by atoms with Crippen molar-refractivity contribution in [1.29, 1.82) is 0 Å². The van der Waals surface area contributed by atoms with Crippen LogP contribution >= 0.6 is 0 Å². The van der Waals surface area contributed by atoms with Crippen LogP contribution in [0.15, 0.2) is 23.1 Å². The van der Waals surface area contributed by atoms with Crippen LogP contribution in [0.5, 0.6) is 0 Å². The average molecular weight is 289 g/mol. The molecule has 0 aliphatic carbocycles. The summed E-state index contributed by atoms with van der Waals surface area (Å²) in [5, 5.41) is 13.6. The number of ether oxygens (including phenoxy) is 1. The summed E-state index contributed by atoms with van der Waals surface area (Å²) < 4.78 is 31.0. The van der Waals surface area contributed by atoms with Gasteiger partial charge < -0.3 is 10.1 Å². The van der Waals surface area contributed by atoms with E-state index in [9.17, 15) is 18.5 Å². The number of hydrogen-bond acceptors (Lipinski definition) is 6. The van der Waals surface area contributed by atoms with E-state index < -0.39 is 20.6 Å². The molecule has 0 amide bonds. The highest BCUT2D eigenvalue weighted by Gasteiger charge is 2.28. The molecule has 0 aliphatic heterocycles. The molecule has 0 aliphatic rings. The van der Waals surface area contributed by atoms with E-state index in [0.717, 1.165) is 0 Å². The Kier molecular flexibility index (Phi) is 5.21. The normalized spacial score (nSPS) is 11.3. The van der Waals surface area contributed by atoms with Crippen LogP contribution in [0.2, 0.25) is 0 Å². The number of nitro groups is 1. The Morgan fingerprint density at radius 3 is 2.63 bits per heavy atom.